The van der Waals surface area contributed by atoms with Crippen molar-refractivity contribution in [1.82, 2.24) is 9.97 Å². The van der Waals surface area contributed by atoms with Gasteiger partial charge in [-0.2, -0.15) is 0 Å². The summed E-state index contributed by atoms with van der Waals surface area (Å²) in [6.45, 7) is 6.12. The first kappa shape index (κ1) is 23.9. The number of nitrogens with zero attached hydrogens (tertiary/aromatic N) is 2. The van der Waals surface area contributed by atoms with E-state index in [2.05, 4.69) is 13.8 Å². The molecule has 3 atom stereocenters. The van der Waals surface area contributed by atoms with Crippen molar-refractivity contribution in [3.63, 3.8) is 0 Å². The van der Waals surface area contributed by atoms with E-state index in [0.29, 0.717) is 23.1 Å². The number of benzene rings is 1. The van der Waals surface area contributed by atoms with Crippen LogP contribution in [0.25, 0.3) is 21.6 Å². The predicted molar refractivity (Wildman–Crippen MR) is 129 cm³/mol. The average molecular weight is 485 g/mol. The Labute approximate surface area is 201 Å². The smallest absolute Gasteiger partial charge is 0.309 e. The van der Waals surface area contributed by atoms with Crippen LogP contribution in [0.2, 0.25) is 0 Å². The van der Waals surface area contributed by atoms with Crippen LogP contribution in [0.4, 0.5) is 0 Å². The van der Waals surface area contributed by atoms with Crippen LogP contribution in [0.15, 0.2) is 23.6 Å². The first-order valence-electron chi connectivity index (χ1n) is 11.1. The number of fused-ring (bicyclic) bond motifs is 1. The summed E-state index contributed by atoms with van der Waals surface area (Å²) in [5.74, 6) is -1.55. The fraction of sp³-hybridized carbons (Fsp3) is 0.440. The van der Waals surface area contributed by atoms with Gasteiger partial charge < -0.3 is 19.3 Å². The summed E-state index contributed by atoms with van der Waals surface area (Å²) >= 11 is 1.52. The molecule has 0 bridgehead atoms. The standard InChI is InChI=1S/C25H28N2O6S/c1-12(2)19-11-34-23(27-19)18-10-21(15-6-7-20(31-4)13(3)22(15)26-18)33-14-8-16(24(28)29)17(9-14)25(30)32-5/h6-7,10-12,14,16-17H,8-9H2,1-5H3,(H,28,29). The summed E-state index contributed by atoms with van der Waals surface area (Å²) in [7, 11) is 2.89. The molecule has 0 radical (unpaired) electrons. The maximum absolute atomic E-state index is 12.2. The van der Waals surface area contributed by atoms with Gasteiger partial charge in [-0.3, -0.25) is 9.59 Å². The summed E-state index contributed by atoms with van der Waals surface area (Å²) in [6.07, 6.45) is 0.0405. The van der Waals surface area contributed by atoms with Crippen LogP contribution in [0.1, 0.15) is 43.9 Å². The summed E-state index contributed by atoms with van der Waals surface area (Å²) in [6, 6.07) is 5.59. The number of rotatable bonds is 7. The number of methoxy groups -OCH3 is 2. The minimum absolute atomic E-state index is 0.220. The van der Waals surface area contributed by atoms with Crippen molar-refractivity contribution in [2.75, 3.05) is 14.2 Å². The quantitative estimate of drug-likeness (QED) is 0.475. The number of carbonyl (C=O) groups excluding carboxylic acids is 1. The van der Waals surface area contributed by atoms with E-state index in [-0.39, 0.29) is 12.8 Å². The Hall–Kier alpha value is -3.20. The molecular formula is C25H28N2O6S. The fourth-order valence-corrected chi connectivity index (χ4v) is 5.37. The average Bonchev–Trinajstić information content (AvgIpc) is 3.47. The van der Waals surface area contributed by atoms with Gasteiger partial charge in [0.05, 0.1) is 37.3 Å². The first-order chi connectivity index (χ1) is 16.2. The summed E-state index contributed by atoms with van der Waals surface area (Å²) in [5.41, 5.74) is 3.26. The Morgan fingerprint density at radius 1 is 1.12 bits per heavy atom. The second-order valence-corrected chi connectivity index (χ2v) is 9.67. The lowest BCUT2D eigenvalue weighted by Gasteiger charge is -2.18. The zero-order chi connectivity index (χ0) is 24.6. The normalized spacial score (nSPS) is 20.0. The van der Waals surface area contributed by atoms with Gasteiger partial charge in [-0.1, -0.05) is 13.8 Å². The van der Waals surface area contributed by atoms with Crippen molar-refractivity contribution in [3.05, 3.63) is 34.8 Å². The Morgan fingerprint density at radius 2 is 1.85 bits per heavy atom. The molecule has 0 amide bonds. The third kappa shape index (κ3) is 4.44. The Bertz CT molecular complexity index is 1240. The van der Waals surface area contributed by atoms with Gasteiger partial charge in [0.2, 0.25) is 0 Å². The summed E-state index contributed by atoms with van der Waals surface area (Å²) in [4.78, 5) is 33.6. The summed E-state index contributed by atoms with van der Waals surface area (Å²) < 4.78 is 16.7. The van der Waals surface area contributed by atoms with E-state index in [1.807, 2.05) is 30.5 Å². The van der Waals surface area contributed by atoms with Crippen molar-refractivity contribution >= 4 is 34.2 Å². The van der Waals surface area contributed by atoms with Crippen LogP contribution in [0, 0.1) is 18.8 Å². The number of carboxylic acids is 1. The number of hydrogen-bond donors (Lipinski definition) is 1. The minimum atomic E-state index is -1.02. The van der Waals surface area contributed by atoms with Crippen LogP contribution >= 0.6 is 11.3 Å². The van der Waals surface area contributed by atoms with Crippen molar-refractivity contribution in [3.8, 4) is 22.2 Å². The Balaban J connectivity index is 1.77. The molecule has 1 saturated carbocycles. The SMILES string of the molecule is COC(=O)C1CC(Oc2cc(-c3nc(C(C)C)cs3)nc3c(C)c(OC)ccc23)CC1C(=O)O. The molecule has 3 aromatic rings. The van der Waals surface area contributed by atoms with Crippen molar-refractivity contribution < 1.29 is 28.9 Å². The number of aliphatic carboxylic acids is 1. The van der Waals surface area contributed by atoms with Crippen molar-refractivity contribution in [2.45, 2.75) is 45.6 Å². The van der Waals surface area contributed by atoms with Crippen LogP contribution in [0.3, 0.4) is 0 Å². The third-order valence-corrected chi connectivity index (χ3v) is 7.22. The van der Waals surface area contributed by atoms with E-state index >= 15 is 0 Å². The lowest BCUT2D eigenvalue weighted by Crippen LogP contribution is -2.26. The van der Waals surface area contributed by atoms with E-state index < -0.39 is 29.9 Å². The zero-order valence-corrected chi connectivity index (χ0v) is 20.6. The Kier molecular flexibility index (Phi) is 6.74. The van der Waals surface area contributed by atoms with Gasteiger partial charge in [-0.25, -0.2) is 9.97 Å². The number of pyridine rings is 1. The molecule has 8 nitrogen and oxygen atoms in total. The largest absolute Gasteiger partial charge is 0.496 e. The van der Waals surface area contributed by atoms with Gasteiger partial charge >= 0.3 is 11.9 Å². The molecule has 1 fully saturated rings. The van der Waals surface area contributed by atoms with E-state index in [4.69, 9.17) is 24.2 Å². The monoisotopic (exact) mass is 484 g/mol. The number of ether oxygens (including phenoxy) is 3. The molecule has 0 aliphatic heterocycles. The van der Waals surface area contributed by atoms with E-state index in [1.54, 1.807) is 7.11 Å². The van der Waals surface area contributed by atoms with E-state index in [0.717, 1.165) is 27.2 Å². The predicted octanol–water partition coefficient (Wildman–Crippen LogP) is 4.83. The zero-order valence-electron chi connectivity index (χ0n) is 19.8. The molecule has 1 N–H and O–H groups in total. The molecule has 180 valence electrons. The highest BCUT2D eigenvalue weighted by molar-refractivity contribution is 7.13. The molecule has 0 saturated heterocycles. The highest BCUT2D eigenvalue weighted by Crippen LogP contribution is 2.40. The van der Waals surface area contributed by atoms with Gasteiger partial charge in [0, 0.05) is 22.4 Å². The molecule has 4 rings (SSSR count). The molecule has 1 aliphatic rings. The molecular weight excluding hydrogens is 456 g/mol. The van der Waals surface area contributed by atoms with Gasteiger partial charge in [-0.15, -0.1) is 11.3 Å². The third-order valence-electron chi connectivity index (χ3n) is 6.33. The van der Waals surface area contributed by atoms with Crippen LogP contribution in [-0.2, 0) is 14.3 Å². The fourth-order valence-electron chi connectivity index (χ4n) is 4.43. The molecule has 2 heterocycles. The maximum Gasteiger partial charge on any atom is 0.309 e. The van der Waals surface area contributed by atoms with Crippen LogP contribution < -0.4 is 9.47 Å². The first-order valence-corrected chi connectivity index (χ1v) is 12.0. The number of carboxylic acid groups (broad SMARTS) is 1. The van der Waals surface area contributed by atoms with Crippen LogP contribution in [0.5, 0.6) is 11.5 Å². The second kappa shape index (κ2) is 9.58. The maximum atomic E-state index is 12.2. The van der Waals surface area contributed by atoms with Crippen molar-refractivity contribution in [1.29, 1.82) is 0 Å². The number of hydrogen-bond acceptors (Lipinski definition) is 8. The molecule has 3 unspecified atom stereocenters. The Morgan fingerprint density at radius 3 is 2.47 bits per heavy atom. The highest BCUT2D eigenvalue weighted by Gasteiger charge is 2.44. The van der Waals surface area contributed by atoms with Crippen molar-refractivity contribution in [2.24, 2.45) is 11.8 Å². The topological polar surface area (TPSA) is 108 Å². The second-order valence-electron chi connectivity index (χ2n) is 8.81. The van der Waals surface area contributed by atoms with Gasteiger partial charge in [0.15, 0.2) is 0 Å². The van der Waals surface area contributed by atoms with Gasteiger partial charge in [0.25, 0.3) is 0 Å². The molecule has 34 heavy (non-hydrogen) atoms. The minimum Gasteiger partial charge on any atom is -0.496 e. The van der Waals surface area contributed by atoms with Gasteiger partial charge in [-0.05, 0) is 37.8 Å². The van der Waals surface area contributed by atoms with E-state index in [9.17, 15) is 14.7 Å². The number of carbonyl (C=O) groups is 2. The van der Waals surface area contributed by atoms with Crippen LogP contribution in [-0.4, -0.2) is 47.3 Å². The molecule has 0 spiro atoms. The van der Waals surface area contributed by atoms with E-state index in [1.165, 1.54) is 18.4 Å². The number of aryl methyl sites for hydroxylation is 1. The lowest BCUT2D eigenvalue weighted by molar-refractivity contribution is -0.154. The molecule has 1 aromatic carbocycles. The lowest BCUT2D eigenvalue weighted by atomic mass is 9.97. The summed E-state index contributed by atoms with van der Waals surface area (Å²) in [5, 5.41) is 13.2. The number of aromatic nitrogens is 2. The highest BCUT2D eigenvalue weighted by atomic mass is 32.1. The van der Waals surface area contributed by atoms with Gasteiger partial charge in [0.1, 0.15) is 28.3 Å². The molecule has 2 aromatic heterocycles. The molecule has 1 aliphatic carbocycles. The molecule has 9 heteroatoms. The number of thiazole rings is 1. The number of esters is 1.